The molecule has 2 heteroatoms. The summed E-state index contributed by atoms with van der Waals surface area (Å²) in [5.74, 6) is 0. The molecule has 4 aromatic rings. The van der Waals surface area contributed by atoms with Crippen molar-refractivity contribution in [3.05, 3.63) is 90.6 Å². The van der Waals surface area contributed by atoms with Crippen LogP contribution in [0.15, 0.2) is 72.9 Å². The third kappa shape index (κ3) is 3.58. The van der Waals surface area contributed by atoms with E-state index in [0.29, 0.717) is 0 Å². The number of hydrogen-bond donors (Lipinski definition) is 0. The maximum atomic E-state index is 3.58. The zero-order valence-electron chi connectivity index (χ0n) is 14.5. The van der Waals surface area contributed by atoms with Crippen LogP contribution in [-0.2, 0) is 39.8 Å². The quantitative estimate of drug-likeness (QED) is 0.335. The minimum absolute atomic E-state index is 0. The molecule has 1 nitrogen and oxygen atoms in total. The van der Waals surface area contributed by atoms with Crippen molar-refractivity contribution >= 4 is 10.8 Å². The summed E-state index contributed by atoms with van der Waals surface area (Å²) in [7, 11) is 2.07. The van der Waals surface area contributed by atoms with E-state index in [-0.39, 0.29) is 32.7 Å². The summed E-state index contributed by atoms with van der Waals surface area (Å²) in [5, 5.41) is 2.53. The van der Waals surface area contributed by atoms with Crippen LogP contribution in [0.1, 0.15) is 5.56 Å². The Morgan fingerprint density at radius 3 is 2.28 bits per heavy atom. The van der Waals surface area contributed by atoms with Crippen LogP contribution in [0.4, 0.5) is 0 Å². The van der Waals surface area contributed by atoms with Gasteiger partial charge in [-0.05, 0) is 23.3 Å². The second-order valence-electron chi connectivity index (χ2n) is 6.10. The van der Waals surface area contributed by atoms with Crippen LogP contribution in [0.5, 0.6) is 0 Å². The fraction of sp³-hybridized carbons (Fsp3) is 0.0870. The minimum atomic E-state index is 0. The summed E-state index contributed by atoms with van der Waals surface area (Å²) < 4.78 is 2.13. The molecule has 1 heterocycles. The Hall–Kier alpha value is -1.83. The molecule has 0 N–H and O–H groups in total. The third-order valence-electron chi connectivity index (χ3n) is 4.42. The number of nitrogens with zero attached hydrogens (tertiary/aromatic N) is 1. The van der Waals surface area contributed by atoms with Gasteiger partial charge in [0.05, 0.1) is 0 Å². The summed E-state index contributed by atoms with van der Waals surface area (Å²) in [6, 6.07) is 30.0. The van der Waals surface area contributed by atoms with E-state index in [1.165, 1.54) is 21.9 Å². The minimum Gasteiger partial charge on any atom is -0.227 e. The molecule has 4 rings (SSSR count). The number of aromatic nitrogens is 1. The van der Waals surface area contributed by atoms with Gasteiger partial charge in [0, 0.05) is 32.7 Å². The van der Waals surface area contributed by atoms with Crippen molar-refractivity contribution in [2.75, 3.05) is 0 Å². The molecule has 0 saturated heterocycles. The van der Waals surface area contributed by atoms with Gasteiger partial charge < -0.3 is 0 Å². The van der Waals surface area contributed by atoms with E-state index in [4.69, 9.17) is 0 Å². The second-order valence-corrected chi connectivity index (χ2v) is 6.10. The molecule has 0 aliphatic heterocycles. The predicted molar refractivity (Wildman–Crippen MR) is 98.4 cm³/mol. The van der Waals surface area contributed by atoms with Crippen molar-refractivity contribution in [3.8, 4) is 22.4 Å². The number of benzene rings is 3. The van der Waals surface area contributed by atoms with Gasteiger partial charge in [0.1, 0.15) is 18.9 Å². The molecule has 0 aliphatic rings. The Morgan fingerprint density at radius 2 is 1.56 bits per heavy atom. The van der Waals surface area contributed by atoms with E-state index in [9.17, 15) is 0 Å². The molecule has 0 saturated carbocycles. The smallest absolute Gasteiger partial charge is 0.136 e. The summed E-state index contributed by atoms with van der Waals surface area (Å²) in [6.07, 6.45) is 2.09. The van der Waals surface area contributed by atoms with Crippen LogP contribution in [0, 0.1) is 19.1 Å². The molecule has 25 heavy (non-hydrogen) atoms. The van der Waals surface area contributed by atoms with E-state index >= 15 is 0 Å². The van der Waals surface area contributed by atoms with Crippen molar-refractivity contribution in [1.29, 1.82) is 0 Å². The molecular weight excluding hydrogens is 379 g/mol. The zero-order valence-corrected chi connectivity index (χ0v) is 17.3. The second kappa shape index (κ2) is 7.60. The van der Waals surface area contributed by atoms with E-state index in [1.54, 1.807) is 0 Å². The molecule has 3 aromatic carbocycles. The first kappa shape index (κ1) is 18.0. The summed E-state index contributed by atoms with van der Waals surface area (Å²) in [5.41, 5.74) is 5.70. The van der Waals surface area contributed by atoms with E-state index < -0.39 is 0 Å². The fourth-order valence-electron chi connectivity index (χ4n) is 3.10. The van der Waals surface area contributed by atoms with Gasteiger partial charge in [-0.25, -0.2) is 15.7 Å². The normalized spacial score (nSPS) is 10.5. The molecule has 0 amide bonds. The van der Waals surface area contributed by atoms with Crippen LogP contribution in [-0.4, -0.2) is 0 Å². The van der Waals surface area contributed by atoms with Crippen molar-refractivity contribution in [2.45, 2.75) is 6.92 Å². The number of aryl methyl sites for hydroxylation is 2. The van der Waals surface area contributed by atoms with E-state index in [0.717, 1.165) is 16.8 Å². The van der Waals surface area contributed by atoms with Crippen molar-refractivity contribution in [3.63, 3.8) is 0 Å². The first-order valence-electron chi connectivity index (χ1n) is 8.11. The average Bonchev–Trinajstić information content (AvgIpc) is 2.62. The first-order chi connectivity index (χ1) is 11.7. The molecule has 0 atom stereocenters. The topological polar surface area (TPSA) is 3.88 Å². The molecule has 1 aromatic heterocycles. The Bertz CT molecular complexity index is 1020. The van der Waals surface area contributed by atoms with Gasteiger partial charge in [0.2, 0.25) is 0 Å². The van der Waals surface area contributed by atoms with Crippen molar-refractivity contribution < 1.29 is 37.3 Å². The van der Waals surface area contributed by atoms with Crippen LogP contribution in [0.3, 0.4) is 0 Å². The third-order valence-corrected chi connectivity index (χ3v) is 4.42. The van der Waals surface area contributed by atoms with Gasteiger partial charge in [-0.2, -0.15) is 24.3 Å². The summed E-state index contributed by atoms with van der Waals surface area (Å²) in [4.78, 5) is 0. The Kier molecular flexibility index (Phi) is 5.46. The zero-order chi connectivity index (χ0) is 16.5. The van der Waals surface area contributed by atoms with E-state index in [1.807, 2.05) is 18.2 Å². The van der Waals surface area contributed by atoms with Gasteiger partial charge in [0.25, 0.3) is 0 Å². The maximum absolute atomic E-state index is 3.58. The van der Waals surface area contributed by atoms with Crippen LogP contribution < -0.4 is 4.57 Å². The van der Waals surface area contributed by atoms with Crippen LogP contribution in [0.25, 0.3) is 33.2 Å². The number of hydrogen-bond acceptors (Lipinski definition) is 0. The van der Waals surface area contributed by atoms with Crippen molar-refractivity contribution in [2.24, 2.45) is 7.05 Å². The Balaban J connectivity index is 0.00000182. The van der Waals surface area contributed by atoms with Gasteiger partial charge in [0.15, 0.2) is 0 Å². The Labute approximate surface area is 174 Å². The summed E-state index contributed by atoms with van der Waals surface area (Å²) >= 11 is 0. The SMILES string of the molecule is Cc1cc2ccccc2cc1-c1[c-]c(-c2[c-]cccc2)cc[n+]1C.[Y]. The van der Waals surface area contributed by atoms with Gasteiger partial charge in [-0.3, -0.25) is 0 Å². The molecule has 1 radical (unpaired) electrons. The van der Waals surface area contributed by atoms with Gasteiger partial charge in [-0.15, -0.1) is 18.2 Å². The first-order valence-corrected chi connectivity index (χ1v) is 8.11. The van der Waals surface area contributed by atoms with Crippen LogP contribution >= 0.6 is 0 Å². The molecule has 0 aliphatic carbocycles. The molecule has 0 unspecified atom stereocenters. The number of fused-ring (bicyclic) bond motifs is 1. The standard InChI is InChI=1S/C23H18N.Y/c1-17-14-19-10-6-7-11-20(19)15-22(17)23-16-21(12-13-24(23)2)18-8-4-3-5-9-18;/h3-8,10-15H,1-2H3;/q-1;. The summed E-state index contributed by atoms with van der Waals surface area (Å²) in [6.45, 7) is 2.16. The van der Waals surface area contributed by atoms with Gasteiger partial charge in [-0.1, -0.05) is 42.0 Å². The molecular formula is C23H18NY-. The molecule has 0 bridgehead atoms. The van der Waals surface area contributed by atoms with Crippen LogP contribution in [0.2, 0.25) is 0 Å². The molecule has 0 spiro atoms. The monoisotopic (exact) mass is 397 g/mol. The number of pyridine rings is 1. The molecule has 119 valence electrons. The Morgan fingerprint density at radius 1 is 0.840 bits per heavy atom. The average molecular weight is 397 g/mol. The predicted octanol–water partition coefficient (Wildman–Crippen LogP) is 4.90. The van der Waals surface area contributed by atoms with Crippen molar-refractivity contribution in [1.82, 2.24) is 0 Å². The molecule has 0 fully saturated rings. The fourth-order valence-corrected chi connectivity index (χ4v) is 3.10. The number of rotatable bonds is 2. The van der Waals surface area contributed by atoms with Gasteiger partial charge >= 0.3 is 0 Å². The van der Waals surface area contributed by atoms with E-state index in [2.05, 4.69) is 85.4 Å². The largest absolute Gasteiger partial charge is 0.227 e. The maximum Gasteiger partial charge on any atom is 0.136 e.